The Hall–Kier alpha value is -2.47. The Bertz CT molecular complexity index is 678. The summed E-state index contributed by atoms with van der Waals surface area (Å²) in [5.41, 5.74) is 0.766. The van der Waals surface area contributed by atoms with E-state index >= 15 is 0 Å². The van der Waals surface area contributed by atoms with Crippen molar-refractivity contribution in [3.63, 3.8) is 0 Å². The fourth-order valence-electron chi connectivity index (χ4n) is 2.26. The summed E-state index contributed by atoms with van der Waals surface area (Å²) in [4.78, 5) is 13.5. The number of aliphatic hydroxyl groups is 1. The summed E-state index contributed by atoms with van der Waals surface area (Å²) >= 11 is 0. The predicted octanol–water partition coefficient (Wildman–Crippen LogP) is 3.48. The van der Waals surface area contributed by atoms with Crippen LogP contribution in [0, 0.1) is 11.6 Å². The number of carbonyl (C=O) groups excluding carboxylic acids is 1. The van der Waals surface area contributed by atoms with Gasteiger partial charge in [-0.3, -0.25) is 0 Å². The average Bonchev–Trinajstić information content (AvgIpc) is 2.55. The molecular formula is C17H18F2N2O2. The van der Waals surface area contributed by atoms with Crippen LogP contribution >= 0.6 is 0 Å². The number of likely N-dealkylation sites (N-methyl/N-ethyl adjacent to an activating group) is 1. The van der Waals surface area contributed by atoms with Crippen molar-refractivity contribution in [3.05, 3.63) is 54.1 Å². The van der Waals surface area contributed by atoms with Crippen molar-refractivity contribution in [3.8, 4) is 11.1 Å². The van der Waals surface area contributed by atoms with Gasteiger partial charge in [-0.15, -0.1) is 0 Å². The third-order valence-corrected chi connectivity index (χ3v) is 3.41. The summed E-state index contributed by atoms with van der Waals surface area (Å²) in [6, 6.07) is 10.0. The van der Waals surface area contributed by atoms with Crippen LogP contribution in [0.15, 0.2) is 42.5 Å². The lowest BCUT2D eigenvalue weighted by atomic mass is 10.0. The van der Waals surface area contributed by atoms with Crippen molar-refractivity contribution < 1.29 is 18.7 Å². The van der Waals surface area contributed by atoms with Crippen LogP contribution in [-0.4, -0.2) is 35.7 Å². The highest BCUT2D eigenvalue weighted by molar-refractivity contribution is 5.94. The summed E-state index contributed by atoms with van der Waals surface area (Å²) in [6.07, 6.45) is 0. The lowest BCUT2D eigenvalue weighted by Crippen LogP contribution is -2.37. The van der Waals surface area contributed by atoms with E-state index in [0.29, 0.717) is 12.1 Å². The second-order valence-electron chi connectivity index (χ2n) is 4.91. The number of anilines is 1. The number of halogens is 2. The van der Waals surface area contributed by atoms with E-state index in [4.69, 9.17) is 5.11 Å². The maximum atomic E-state index is 14.2. The fourth-order valence-corrected chi connectivity index (χ4v) is 2.26. The third kappa shape index (κ3) is 4.04. The minimum Gasteiger partial charge on any atom is -0.395 e. The van der Waals surface area contributed by atoms with Gasteiger partial charge in [0.2, 0.25) is 0 Å². The van der Waals surface area contributed by atoms with Gasteiger partial charge < -0.3 is 15.3 Å². The highest BCUT2D eigenvalue weighted by Crippen LogP contribution is 2.31. The smallest absolute Gasteiger partial charge is 0.322 e. The topological polar surface area (TPSA) is 52.6 Å². The zero-order valence-electron chi connectivity index (χ0n) is 12.7. The molecule has 2 N–H and O–H groups in total. The Labute approximate surface area is 133 Å². The molecule has 0 bridgehead atoms. The van der Waals surface area contributed by atoms with Gasteiger partial charge in [0, 0.05) is 24.7 Å². The first-order chi connectivity index (χ1) is 11.1. The van der Waals surface area contributed by atoms with E-state index in [1.807, 2.05) is 0 Å². The van der Waals surface area contributed by atoms with E-state index in [1.54, 1.807) is 37.3 Å². The zero-order valence-corrected chi connectivity index (χ0v) is 12.7. The number of benzene rings is 2. The first-order valence-electron chi connectivity index (χ1n) is 7.28. The van der Waals surface area contributed by atoms with E-state index in [-0.39, 0.29) is 24.4 Å². The summed E-state index contributed by atoms with van der Waals surface area (Å²) in [5.74, 6) is -1.57. The first kappa shape index (κ1) is 16.9. The van der Waals surface area contributed by atoms with Crippen molar-refractivity contribution in [2.24, 2.45) is 0 Å². The van der Waals surface area contributed by atoms with Crippen molar-refractivity contribution in [2.45, 2.75) is 6.92 Å². The molecule has 0 spiro atoms. The summed E-state index contributed by atoms with van der Waals surface area (Å²) in [7, 11) is 0. The van der Waals surface area contributed by atoms with Crippen LogP contribution in [0.5, 0.6) is 0 Å². The van der Waals surface area contributed by atoms with Crippen molar-refractivity contribution in [1.29, 1.82) is 0 Å². The minimum absolute atomic E-state index is 0.0843. The molecule has 0 fully saturated rings. The summed E-state index contributed by atoms with van der Waals surface area (Å²) in [6.45, 7) is 2.04. The highest BCUT2D eigenvalue weighted by atomic mass is 19.1. The molecule has 0 saturated heterocycles. The van der Waals surface area contributed by atoms with Gasteiger partial charge in [0.05, 0.1) is 12.3 Å². The van der Waals surface area contributed by atoms with Crippen molar-refractivity contribution >= 4 is 11.7 Å². The molecule has 122 valence electrons. The molecule has 0 aliphatic rings. The summed E-state index contributed by atoms with van der Waals surface area (Å²) < 4.78 is 27.8. The van der Waals surface area contributed by atoms with Crippen LogP contribution in [0.2, 0.25) is 0 Å². The number of aliphatic hydroxyl groups excluding tert-OH is 1. The lowest BCUT2D eigenvalue weighted by molar-refractivity contribution is 0.192. The molecule has 2 aromatic rings. The van der Waals surface area contributed by atoms with Crippen LogP contribution in [0.3, 0.4) is 0 Å². The van der Waals surface area contributed by atoms with Gasteiger partial charge in [0.15, 0.2) is 0 Å². The van der Waals surface area contributed by atoms with E-state index in [9.17, 15) is 13.6 Å². The number of nitrogens with zero attached hydrogens (tertiary/aromatic N) is 1. The molecule has 0 atom stereocenters. The molecule has 6 heteroatoms. The maximum Gasteiger partial charge on any atom is 0.322 e. The van der Waals surface area contributed by atoms with Gasteiger partial charge in [-0.25, -0.2) is 13.6 Å². The number of nitrogens with one attached hydrogen (secondary N) is 1. The zero-order chi connectivity index (χ0) is 16.8. The Morgan fingerprint density at radius 2 is 1.91 bits per heavy atom. The van der Waals surface area contributed by atoms with Crippen LogP contribution in [0.4, 0.5) is 19.3 Å². The number of rotatable bonds is 5. The molecule has 2 amide bonds. The lowest BCUT2D eigenvalue weighted by Gasteiger charge is -2.21. The first-order valence-corrected chi connectivity index (χ1v) is 7.28. The van der Waals surface area contributed by atoms with Crippen molar-refractivity contribution in [2.75, 3.05) is 25.0 Å². The van der Waals surface area contributed by atoms with Crippen LogP contribution in [0.1, 0.15) is 6.92 Å². The van der Waals surface area contributed by atoms with Crippen LogP contribution in [0.25, 0.3) is 11.1 Å². The number of hydrogen-bond acceptors (Lipinski definition) is 2. The number of hydrogen-bond donors (Lipinski definition) is 2. The molecular weight excluding hydrogens is 302 g/mol. The minimum atomic E-state index is -0.850. The Balaban J connectivity index is 2.40. The standard InChI is InChI=1S/C17H18F2N2O2/c1-2-21(8-9-22)17(23)20-16-14(10-13(18)11-15(16)19)12-6-4-3-5-7-12/h3-7,10-11,22H,2,8-9H2,1H3,(H,20,23). The molecule has 0 aromatic heterocycles. The molecule has 0 unspecified atom stereocenters. The Morgan fingerprint density at radius 1 is 1.22 bits per heavy atom. The molecule has 0 saturated carbocycles. The summed E-state index contributed by atoms with van der Waals surface area (Å²) in [5, 5.41) is 11.4. The SMILES string of the molecule is CCN(CCO)C(=O)Nc1c(F)cc(F)cc1-c1ccccc1. The third-order valence-electron chi connectivity index (χ3n) is 3.41. The van der Waals surface area contributed by atoms with E-state index < -0.39 is 17.7 Å². The van der Waals surface area contributed by atoms with Crippen LogP contribution in [-0.2, 0) is 0 Å². The van der Waals surface area contributed by atoms with Gasteiger partial charge in [-0.05, 0) is 18.6 Å². The van der Waals surface area contributed by atoms with Gasteiger partial charge >= 0.3 is 6.03 Å². The molecule has 0 aliphatic carbocycles. The molecule has 0 heterocycles. The second-order valence-corrected chi connectivity index (χ2v) is 4.91. The average molecular weight is 320 g/mol. The number of urea groups is 1. The quantitative estimate of drug-likeness (QED) is 0.886. The van der Waals surface area contributed by atoms with E-state index in [2.05, 4.69) is 5.32 Å². The molecule has 23 heavy (non-hydrogen) atoms. The molecule has 4 nitrogen and oxygen atoms in total. The maximum absolute atomic E-state index is 14.2. The Kier molecular flexibility index (Phi) is 5.65. The van der Waals surface area contributed by atoms with Gasteiger partial charge in [-0.2, -0.15) is 0 Å². The second kappa shape index (κ2) is 7.69. The molecule has 0 radical (unpaired) electrons. The number of amides is 2. The molecule has 2 aromatic carbocycles. The number of carbonyl (C=O) groups is 1. The van der Waals surface area contributed by atoms with Gasteiger partial charge in [-0.1, -0.05) is 30.3 Å². The highest BCUT2D eigenvalue weighted by Gasteiger charge is 2.18. The van der Waals surface area contributed by atoms with Crippen molar-refractivity contribution in [1.82, 2.24) is 4.90 Å². The largest absolute Gasteiger partial charge is 0.395 e. The normalized spacial score (nSPS) is 10.4. The van der Waals surface area contributed by atoms with Gasteiger partial charge in [0.25, 0.3) is 0 Å². The van der Waals surface area contributed by atoms with Gasteiger partial charge in [0.1, 0.15) is 11.6 Å². The van der Waals surface area contributed by atoms with Crippen LogP contribution < -0.4 is 5.32 Å². The molecule has 0 aliphatic heterocycles. The predicted molar refractivity (Wildman–Crippen MR) is 85.1 cm³/mol. The van der Waals surface area contributed by atoms with E-state index in [0.717, 1.165) is 6.07 Å². The Morgan fingerprint density at radius 3 is 2.52 bits per heavy atom. The molecule has 2 rings (SSSR count). The monoisotopic (exact) mass is 320 g/mol. The van der Waals surface area contributed by atoms with E-state index in [1.165, 1.54) is 11.0 Å². The fraction of sp³-hybridized carbons (Fsp3) is 0.235.